The lowest BCUT2D eigenvalue weighted by molar-refractivity contribution is -0.132. The molecule has 7 nitrogen and oxygen atoms in total. The van der Waals surface area contributed by atoms with Gasteiger partial charge in [-0.15, -0.1) is 0 Å². The molecule has 0 saturated carbocycles. The topological polar surface area (TPSA) is 75.5 Å². The molecule has 0 N–H and O–H groups in total. The van der Waals surface area contributed by atoms with Crippen molar-refractivity contribution < 1.29 is 13.2 Å². The number of hydrogen-bond acceptors (Lipinski definition) is 4. The van der Waals surface area contributed by atoms with Crippen LogP contribution in [0.4, 0.5) is 0 Å². The zero-order valence-electron chi connectivity index (χ0n) is 14.4. The minimum absolute atomic E-state index is 0.0844. The number of nitrogens with zero attached hydrogens (tertiary/aromatic N) is 4. The Morgan fingerprint density at radius 3 is 2.26 bits per heavy atom. The van der Waals surface area contributed by atoms with Crippen molar-refractivity contribution in [3.63, 3.8) is 0 Å². The highest BCUT2D eigenvalue weighted by Gasteiger charge is 2.26. The molecule has 130 valence electrons. The first-order chi connectivity index (χ1) is 10.7. The molecule has 1 fully saturated rings. The molecule has 0 radical (unpaired) electrons. The molecule has 1 aliphatic rings. The van der Waals surface area contributed by atoms with E-state index in [1.165, 1.54) is 10.6 Å². The first-order valence-electron chi connectivity index (χ1n) is 7.99. The third kappa shape index (κ3) is 4.11. The molecule has 0 bridgehead atoms. The number of aryl methyl sites for hydroxylation is 2. The standard InChI is InChI=1S/C15H26N4O3S/c1-5-19-13(3)14(12(2)16-19)6-7-15(20)17-8-10-18(11-9-17)23(4,21)22/h5-11H2,1-4H3. The number of piperazine rings is 1. The first-order valence-corrected chi connectivity index (χ1v) is 9.84. The summed E-state index contributed by atoms with van der Waals surface area (Å²) >= 11 is 0. The van der Waals surface area contributed by atoms with Crippen LogP contribution in [0.5, 0.6) is 0 Å². The summed E-state index contributed by atoms with van der Waals surface area (Å²) in [5, 5.41) is 4.47. The maximum Gasteiger partial charge on any atom is 0.222 e. The molecular weight excluding hydrogens is 316 g/mol. The number of rotatable bonds is 5. The zero-order chi connectivity index (χ0) is 17.2. The van der Waals surface area contributed by atoms with E-state index in [1.807, 2.05) is 18.5 Å². The smallest absolute Gasteiger partial charge is 0.222 e. The summed E-state index contributed by atoms with van der Waals surface area (Å²) < 4.78 is 26.4. The van der Waals surface area contributed by atoms with E-state index in [0.29, 0.717) is 39.0 Å². The summed E-state index contributed by atoms with van der Waals surface area (Å²) in [4.78, 5) is 14.1. The van der Waals surface area contributed by atoms with Gasteiger partial charge in [0, 0.05) is 44.8 Å². The molecule has 2 rings (SSSR count). The summed E-state index contributed by atoms with van der Waals surface area (Å²) in [7, 11) is -3.16. The number of amides is 1. The van der Waals surface area contributed by atoms with Gasteiger partial charge in [-0.2, -0.15) is 9.40 Å². The number of aromatic nitrogens is 2. The summed E-state index contributed by atoms with van der Waals surface area (Å²) in [6, 6.07) is 0. The molecule has 0 aromatic carbocycles. The third-order valence-corrected chi connectivity index (χ3v) is 5.78. The highest BCUT2D eigenvalue weighted by molar-refractivity contribution is 7.88. The first kappa shape index (κ1) is 17.9. The average Bonchev–Trinajstić information content (AvgIpc) is 2.78. The lowest BCUT2D eigenvalue weighted by Gasteiger charge is -2.33. The van der Waals surface area contributed by atoms with E-state index >= 15 is 0 Å². The van der Waals surface area contributed by atoms with Crippen molar-refractivity contribution in [2.45, 2.75) is 40.2 Å². The van der Waals surface area contributed by atoms with Crippen molar-refractivity contribution in [2.24, 2.45) is 0 Å². The van der Waals surface area contributed by atoms with E-state index in [2.05, 4.69) is 12.0 Å². The highest BCUT2D eigenvalue weighted by atomic mass is 32.2. The molecule has 8 heteroatoms. The van der Waals surface area contributed by atoms with E-state index in [0.717, 1.165) is 23.5 Å². The van der Waals surface area contributed by atoms with E-state index in [-0.39, 0.29) is 5.91 Å². The Balaban J connectivity index is 1.90. The van der Waals surface area contributed by atoms with Crippen molar-refractivity contribution in [2.75, 3.05) is 32.4 Å². The van der Waals surface area contributed by atoms with Crippen LogP contribution < -0.4 is 0 Å². The van der Waals surface area contributed by atoms with Gasteiger partial charge in [-0.05, 0) is 32.8 Å². The number of hydrogen-bond donors (Lipinski definition) is 0. The van der Waals surface area contributed by atoms with Gasteiger partial charge < -0.3 is 4.90 Å². The van der Waals surface area contributed by atoms with Crippen molar-refractivity contribution in [1.29, 1.82) is 0 Å². The van der Waals surface area contributed by atoms with Crippen LogP contribution in [0.15, 0.2) is 0 Å². The van der Waals surface area contributed by atoms with Crippen LogP contribution in [-0.4, -0.2) is 65.7 Å². The number of carbonyl (C=O) groups excluding carboxylic acids is 1. The van der Waals surface area contributed by atoms with Gasteiger partial charge in [-0.3, -0.25) is 9.48 Å². The molecule has 1 aromatic rings. The monoisotopic (exact) mass is 342 g/mol. The predicted molar refractivity (Wildman–Crippen MR) is 88.7 cm³/mol. The molecule has 1 aliphatic heterocycles. The third-order valence-electron chi connectivity index (χ3n) is 4.48. The second-order valence-corrected chi connectivity index (χ2v) is 7.99. The van der Waals surface area contributed by atoms with Gasteiger partial charge in [0.05, 0.1) is 11.9 Å². The minimum Gasteiger partial charge on any atom is -0.340 e. The fraction of sp³-hybridized carbons (Fsp3) is 0.733. The van der Waals surface area contributed by atoms with Gasteiger partial charge in [0.25, 0.3) is 0 Å². The Morgan fingerprint density at radius 2 is 1.78 bits per heavy atom. The second-order valence-electron chi connectivity index (χ2n) is 6.01. The number of sulfonamides is 1. The molecule has 1 aromatic heterocycles. The van der Waals surface area contributed by atoms with Gasteiger partial charge in [0.1, 0.15) is 0 Å². The highest BCUT2D eigenvalue weighted by Crippen LogP contribution is 2.16. The van der Waals surface area contributed by atoms with Crippen LogP contribution in [0, 0.1) is 13.8 Å². The molecule has 23 heavy (non-hydrogen) atoms. The van der Waals surface area contributed by atoms with Gasteiger partial charge in [0.2, 0.25) is 15.9 Å². The summed E-state index contributed by atoms with van der Waals surface area (Å²) in [5.74, 6) is 0.0844. The van der Waals surface area contributed by atoms with Crippen molar-refractivity contribution >= 4 is 15.9 Å². The van der Waals surface area contributed by atoms with Crippen molar-refractivity contribution in [1.82, 2.24) is 19.0 Å². The van der Waals surface area contributed by atoms with Crippen molar-refractivity contribution in [3.05, 3.63) is 17.0 Å². The van der Waals surface area contributed by atoms with Gasteiger partial charge >= 0.3 is 0 Å². The Hall–Kier alpha value is -1.41. The van der Waals surface area contributed by atoms with Gasteiger partial charge in [-0.1, -0.05) is 0 Å². The summed E-state index contributed by atoms with van der Waals surface area (Å²) in [5.41, 5.74) is 3.26. The van der Waals surface area contributed by atoms with E-state index in [1.54, 1.807) is 4.90 Å². The lowest BCUT2D eigenvalue weighted by Crippen LogP contribution is -2.50. The fourth-order valence-electron chi connectivity index (χ4n) is 3.06. The van der Waals surface area contributed by atoms with Crippen LogP contribution >= 0.6 is 0 Å². The SMILES string of the molecule is CCn1nc(C)c(CCC(=O)N2CCN(S(C)(=O)=O)CC2)c1C. The molecule has 0 aliphatic carbocycles. The van der Waals surface area contributed by atoms with Crippen LogP contribution in [0.1, 0.15) is 30.3 Å². The molecule has 0 atom stereocenters. The summed E-state index contributed by atoms with van der Waals surface area (Å²) in [6.07, 6.45) is 2.33. The van der Waals surface area contributed by atoms with Crippen LogP contribution in [0.3, 0.4) is 0 Å². The van der Waals surface area contributed by atoms with Crippen LogP contribution in [0.25, 0.3) is 0 Å². The maximum absolute atomic E-state index is 12.4. The van der Waals surface area contributed by atoms with E-state index < -0.39 is 10.0 Å². The largest absolute Gasteiger partial charge is 0.340 e. The molecular formula is C15H26N4O3S. The lowest BCUT2D eigenvalue weighted by atomic mass is 10.1. The van der Waals surface area contributed by atoms with E-state index in [4.69, 9.17) is 0 Å². The molecule has 1 amide bonds. The van der Waals surface area contributed by atoms with E-state index in [9.17, 15) is 13.2 Å². The van der Waals surface area contributed by atoms with Crippen LogP contribution in [0.2, 0.25) is 0 Å². The minimum atomic E-state index is -3.16. The summed E-state index contributed by atoms with van der Waals surface area (Å²) in [6.45, 7) is 8.60. The quantitative estimate of drug-likeness (QED) is 0.783. The Kier molecular flexibility index (Phi) is 5.46. The normalized spacial score (nSPS) is 16.8. The second kappa shape index (κ2) is 7.00. The fourth-order valence-corrected chi connectivity index (χ4v) is 3.89. The molecule has 0 spiro atoms. The Labute approximate surface area is 138 Å². The maximum atomic E-state index is 12.4. The molecule has 0 unspecified atom stereocenters. The number of carbonyl (C=O) groups is 1. The average molecular weight is 342 g/mol. The van der Waals surface area contributed by atoms with Gasteiger partial charge in [-0.25, -0.2) is 8.42 Å². The molecule has 1 saturated heterocycles. The zero-order valence-corrected chi connectivity index (χ0v) is 15.2. The predicted octanol–water partition coefficient (Wildman–Crippen LogP) is 0.556. The molecule has 2 heterocycles. The Bertz CT molecular complexity index is 673. The van der Waals surface area contributed by atoms with Crippen LogP contribution in [-0.2, 0) is 27.8 Å². The Morgan fingerprint density at radius 1 is 1.17 bits per heavy atom. The van der Waals surface area contributed by atoms with Crippen molar-refractivity contribution in [3.8, 4) is 0 Å². The van der Waals surface area contributed by atoms with Gasteiger partial charge in [0.15, 0.2) is 0 Å².